The van der Waals surface area contributed by atoms with Crippen molar-refractivity contribution in [2.75, 3.05) is 11.9 Å². The van der Waals surface area contributed by atoms with Crippen molar-refractivity contribution >= 4 is 49.5 Å². The predicted octanol–water partition coefficient (Wildman–Crippen LogP) is 4.70. The van der Waals surface area contributed by atoms with Crippen molar-refractivity contribution in [2.45, 2.75) is 0 Å². The number of esters is 1. The van der Waals surface area contributed by atoms with Crippen molar-refractivity contribution < 1.29 is 14.3 Å². The van der Waals surface area contributed by atoms with Crippen LogP contribution in [0.25, 0.3) is 32.5 Å². The van der Waals surface area contributed by atoms with E-state index in [0.29, 0.717) is 33.0 Å². The molecule has 8 heteroatoms. The van der Waals surface area contributed by atoms with Crippen LogP contribution < -0.4 is 5.32 Å². The number of hydrogen-bond donors (Lipinski definition) is 1. The summed E-state index contributed by atoms with van der Waals surface area (Å²) < 4.78 is 6.28. The van der Waals surface area contributed by atoms with E-state index in [1.165, 1.54) is 11.3 Å². The number of nitrogens with zero attached hydrogens (tertiary/aromatic N) is 3. The molecule has 2 aromatic carbocycles. The third-order valence-corrected chi connectivity index (χ3v) is 5.69. The molecule has 0 fully saturated rings. The minimum Gasteiger partial charge on any atom is -0.452 e. The van der Waals surface area contributed by atoms with Crippen LogP contribution in [0.15, 0.2) is 79.0 Å². The number of ether oxygens (including phenoxy) is 1. The number of rotatable bonds is 5. The average molecular weight is 440 g/mol. The lowest BCUT2D eigenvalue weighted by Crippen LogP contribution is -2.21. The molecule has 32 heavy (non-hydrogen) atoms. The van der Waals surface area contributed by atoms with Gasteiger partial charge in [0.25, 0.3) is 5.91 Å². The van der Waals surface area contributed by atoms with E-state index in [9.17, 15) is 9.59 Å². The van der Waals surface area contributed by atoms with Gasteiger partial charge in [0.15, 0.2) is 11.7 Å². The van der Waals surface area contributed by atoms with Crippen LogP contribution in [0.5, 0.6) is 0 Å². The van der Waals surface area contributed by atoms with Gasteiger partial charge in [-0.1, -0.05) is 47.7 Å². The predicted molar refractivity (Wildman–Crippen MR) is 124 cm³/mol. The summed E-state index contributed by atoms with van der Waals surface area (Å²) in [5, 5.41) is 3.78. The molecule has 0 spiro atoms. The standard InChI is InChI=1S/C24H16N4O3S/c29-22(28-24-27-19-10-3-4-11-21(19)32-24)14-31-23(30)16-13-20(18-9-5-6-12-25-18)26-17-8-2-1-7-15(16)17/h1-13H,14H2,(H,27,28,29). The molecule has 156 valence electrons. The highest BCUT2D eigenvalue weighted by Crippen LogP contribution is 2.26. The van der Waals surface area contributed by atoms with Crippen molar-refractivity contribution in [1.82, 2.24) is 15.0 Å². The van der Waals surface area contributed by atoms with E-state index in [0.717, 1.165) is 10.2 Å². The van der Waals surface area contributed by atoms with Gasteiger partial charge in [-0.05, 0) is 36.4 Å². The van der Waals surface area contributed by atoms with Crippen molar-refractivity contribution in [1.29, 1.82) is 0 Å². The van der Waals surface area contributed by atoms with Crippen molar-refractivity contribution in [3.8, 4) is 11.4 Å². The summed E-state index contributed by atoms with van der Waals surface area (Å²) >= 11 is 1.36. The van der Waals surface area contributed by atoms with Gasteiger partial charge in [-0.15, -0.1) is 0 Å². The lowest BCUT2D eigenvalue weighted by Gasteiger charge is -2.09. The van der Waals surface area contributed by atoms with Crippen LogP contribution in [0.2, 0.25) is 0 Å². The van der Waals surface area contributed by atoms with Crippen LogP contribution in [-0.2, 0) is 9.53 Å². The van der Waals surface area contributed by atoms with Crippen molar-refractivity contribution in [3.05, 3.63) is 84.6 Å². The number of amides is 1. The number of thiazole rings is 1. The minimum absolute atomic E-state index is 0.323. The number of anilines is 1. The van der Waals surface area contributed by atoms with Crippen molar-refractivity contribution in [2.24, 2.45) is 0 Å². The number of para-hydroxylation sites is 2. The maximum atomic E-state index is 12.9. The number of pyridine rings is 2. The van der Waals surface area contributed by atoms with Gasteiger partial charge in [0.2, 0.25) is 0 Å². The first-order valence-corrected chi connectivity index (χ1v) is 10.6. The van der Waals surface area contributed by atoms with Crippen molar-refractivity contribution in [3.63, 3.8) is 0 Å². The minimum atomic E-state index is -0.611. The molecule has 0 unspecified atom stereocenters. The lowest BCUT2D eigenvalue weighted by molar-refractivity contribution is -0.119. The highest BCUT2D eigenvalue weighted by molar-refractivity contribution is 7.22. The second-order valence-corrected chi connectivity index (χ2v) is 7.93. The van der Waals surface area contributed by atoms with E-state index >= 15 is 0 Å². The summed E-state index contributed by atoms with van der Waals surface area (Å²) in [7, 11) is 0. The largest absolute Gasteiger partial charge is 0.452 e. The average Bonchev–Trinajstić information content (AvgIpc) is 3.24. The van der Waals surface area contributed by atoms with Gasteiger partial charge in [0, 0.05) is 11.6 Å². The molecule has 0 saturated carbocycles. The van der Waals surface area contributed by atoms with E-state index in [2.05, 4.69) is 20.3 Å². The van der Waals surface area contributed by atoms with E-state index in [1.54, 1.807) is 18.3 Å². The molecule has 7 nitrogen and oxygen atoms in total. The fraction of sp³-hybridized carbons (Fsp3) is 0.0417. The molecule has 5 aromatic rings. The lowest BCUT2D eigenvalue weighted by atomic mass is 10.1. The fourth-order valence-corrected chi connectivity index (χ4v) is 4.16. The maximum Gasteiger partial charge on any atom is 0.339 e. The molecule has 0 atom stereocenters. The first kappa shape index (κ1) is 19.8. The number of benzene rings is 2. The monoisotopic (exact) mass is 440 g/mol. The first-order chi connectivity index (χ1) is 15.7. The number of carbonyl (C=O) groups excluding carboxylic acids is 2. The zero-order valence-electron chi connectivity index (χ0n) is 16.7. The molecule has 0 aliphatic carbocycles. The fourth-order valence-electron chi connectivity index (χ4n) is 3.28. The number of carbonyl (C=O) groups is 2. The van der Waals surface area contributed by atoms with Gasteiger partial charge in [-0.2, -0.15) is 0 Å². The van der Waals surface area contributed by atoms with Gasteiger partial charge in [-0.3, -0.25) is 15.1 Å². The Labute approximate surface area is 186 Å². The van der Waals surface area contributed by atoms with E-state index in [4.69, 9.17) is 4.74 Å². The quantitative estimate of drug-likeness (QED) is 0.398. The highest BCUT2D eigenvalue weighted by Gasteiger charge is 2.17. The van der Waals surface area contributed by atoms with Crippen LogP contribution in [0, 0.1) is 0 Å². The number of aromatic nitrogens is 3. The van der Waals surface area contributed by atoms with E-state index < -0.39 is 18.5 Å². The van der Waals surface area contributed by atoms with Crippen LogP contribution in [-0.4, -0.2) is 33.4 Å². The Balaban J connectivity index is 1.35. The summed E-state index contributed by atoms with van der Waals surface area (Å²) in [4.78, 5) is 38.5. The van der Waals surface area contributed by atoms with Gasteiger partial charge in [-0.25, -0.2) is 14.8 Å². The van der Waals surface area contributed by atoms with Crippen LogP contribution in [0.3, 0.4) is 0 Å². The van der Waals surface area contributed by atoms with Crippen LogP contribution in [0.1, 0.15) is 10.4 Å². The van der Waals surface area contributed by atoms with Gasteiger partial charge < -0.3 is 4.74 Å². The summed E-state index contributed by atoms with van der Waals surface area (Å²) in [5.41, 5.74) is 2.96. The smallest absolute Gasteiger partial charge is 0.339 e. The second kappa shape index (κ2) is 8.52. The Morgan fingerprint density at radius 1 is 0.875 bits per heavy atom. The molecular weight excluding hydrogens is 424 g/mol. The Bertz CT molecular complexity index is 1420. The molecule has 3 aromatic heterocycles. The molecule has 0 aliphatic rings. The Kier molecular flexibility index (Phi) is 5.27. The van der Waals surface area contributed by atoms with E-state index in [-0.39, 0.29) is 0 Å². The Morgan fingerprint density at radius 2 is 1.66 bits per heavy atom. The zero-order valence-corrected chi connectivity index (χ0v) is 17.5. The zero-order chi connectivity index (χ0) is 21.9. The van der Waals surface area contributed by atoms with Gasteiger partial charge in [0.05, 0.1) is 32.7 Å². The third kappa shape index (κ3) is 4.03. The molecule has 1 N–H and O–H groups in total. The summed E-state index contributed by atoms with van der Waals surface area (Å²) in [6.45, 7) is -0.426. The van der Waals surface area contributed by atoms with Gasteiger partial charge in [0.1, 0.15) is 0 Å². The molecule has 1 amide bonds. The Morgan fingerprint density at radius 3 is 2.47 bits per heavy atom. The number of nitrogens with one attached hydrogen (secondary N) is 1. The van der Waals surface area contributed by atoms with E-state index in [1.807, 2.05) is 60.7 Å². The maximum absolute atomic E-state index is 12.9. The molecule has 0 radical (unpaired) electrons. The Hall–Kier alpha value is -4.17. The van der Waals surface area contributed by atoms with Crippen LogP contribution >= 0.6 is 11.3 Å². The highest BCUT2D eigenvalue weighted by atomic mass is 32.1. The summed E-state index contributed by atoms with van der Waals surface area (Å²) in [5.74, 6) is -1.07. The molecule has 0 bridgehead atoms. The topological polar surface area (TPSA) is 94.1 Å². The SMILES string of the molecule is O=C(COC(=O)c1cc(-c2ccccn2)nc2ccccc12)Nc1nc2ccccc2s1. The molecule has 5 rings (SSSR count). The van der Waals surface area contributed by atoms with Crippen LogP contribution in [0.4, 0.5) is 5.13 Å². The third-order valence-electron chi connectivity index (χ3n) is 4.74. The normalized spacial score (nSPS) is 10.9. The molecule has 0 saturated heterocycles. The molecule has 3 heterocycles. The van der Waals surface area contributed by atoms with Gasteiger partial charge >= 0.3 is 5.97 Å². The number of fused-ring (bicyclic) bond motifs is 2. The molecule has 0 aliphatic heterocycles. The number of hydrogen-bond acceptors (Lipinski definition) is 7. The summed E-state index contributed by atoms with van der Waals surface area (Å²) in [6, 6.07) is 22.0. The summed E-state index contributed by atoms with van der Waals surface area (Å²) in [6.07, 6.45) is 1.66. The first-order valence-electron chi connectivity index (χ1n) is 9.81. The molecular formula is C24H16N4O3S. The second-order valence-electron chi connectivity index (χ2n) is 6.90.